The molecule has 0 aliphatic carbocycles. The summed E-state index contributed by atoms with van der Waals surface area (Å²) in [5.41, 5.74) is 4.55. The second kappa shape index (κ2) is 12.0. The third-order valence-corrected chi connectivity index (χ3v) is 5.51. The van der Waals surface area contributed by atoms with Gasteiger partial charge in [0.15, 0.2) is 12.1 Å². The third-order valence-electron chi connectivity index (χ3n) is 5.51. The third kappa shape index (κ3) is 6.58. The molecule has 3 N–H and O–H groups in total. The van der Waals surface area contributed by atoms with Gasteiger partial charge < -0.3 is 48.9 Å². The number of hydrogen-bond donors (Lipinski definition) is 2. The van der Waals surface area contributed by atoms with E-state index in [1.165, 1.54) is 0 Å². The van der Waals surface area contributed by atoms with E-state index in [4.69, 9.17) is 43.6 Å². The number of nitrogens with one attached hydrogen (secondary N) is 1. The molecule has 11 nitrogen and oxygen atoms in total. The fourth-order valence-corrected chi connectivity index (χ4v) is 4.05. The molecule has 186 valence electrons. The van der Waals surface area contributed by atoms with E-state index in [1.54, 1.807) is 6.92 Å². The van der Waals surface area contributed by atoms with Crippen LogP contribution >= 0.6 is 0 Å². The molecule has 3 fully saturated rings. The van der Waals surface area contributed by atoms with Crippen LogP contribution in [0.2, 0.25) is 0 Å². The Morgan fingerprint density at radius 3 is 2.22 bits per heavy atom. The fraction of sp³-hybridized carbons (Fsp3) is 0.952. The highest BCUT2D eigenvalue weighted by atomic mass is 16.8. The van der Waals surface area contributed by atoms with E-state index in [0.29, 0.717) is 65.8 Å². The summed E-state index contributed by atoms with van der Waals surface area (Å²) in [4.78, 5) is 12.0. The summed E-state index contributed by atoms with van der Waals surface area (Å²) < 4.78 is 46.4. The van der Waals surface area contributed by atoms with Crippen LogP contribution in [0.4, 0.5) is 0 Å². The van der Waals surface area contributed by atoms with Crippen LogP contribution in [0.15, 0.2) is 0 Å². The molecule has 1 amide bonds. The van der Waals surface area contributed by atoms with Gasteiger partial charge in [0.2, 0.25) is 5.91 Å². The first-order chi connectivity index (χ1) is 15.4. The molecule has 3 aliphatic rings. The maximum absolute atomic E-state index is 12.0. The summed E-state index contributed by atoms with van der Waals surface area (Å²) in [5, 5.41) is 2.96. The summed E-state index contributed by atoms with van der Waals surface area (Å²) in [6.07, 6.45) is -1.04. The van der Waals surface area contributed by atoms with Crippen molar-refractivity contribution in [2.45, 2.75) is 63.1 Å². The lowest BCUT2D eigenvalue weighted by molar-refractivity contribution is -0.214. The second-order valence-electron chi connectivity index (χ2n) is 8.51. The summed E-state index contributed by atoms with van der Waals surface area (Å²) in [6, 6.07) is -0.436. The molecule has 5 atom stereocenters. The number of nitrogens with two attached hydrogens (primary N) is 1. The SMILES string of the molecule is CCC(=O)NC1C2OC[C@](COCCOCCOCCOCCN)(O2)[C@@H]2OC(C)(C)O[C@H]12. The minimum atomic E-state index is -0.789. The van der Waals surface area contributed by atoms with Crippen molar-refractivity contribution in [3.63, 3.8) is 0 Å². The predicted octanol–water partition coefficient (Wildman–Crippen LogP) is -0.448. The van der Waals surface area contributed by atoms with Gasteiger partial charge in [-0.05, 0) is 13.8 Å². The molecule has 3 saturated heterocycles. The van der Waals surface area contributed by atoms with Crippen molar-refractivity contribution in [1.29, 1.82) is 0 Å². The Morgan fingerprint density at radius 1 is 0.969 bits per heavy atom. The van der Waals surface area contributed by atoms with Gasteiger partial charge in [-0.15, -0.1) is 0 Å². The predicted molar refractivity (Wildman–Crippen MR) is 112 cm³/mol. The molecule has 0 radical (unpaired) electrons. The minimum absolute atomic E-state index is 0.0888. The quantitative estimate of drug-likeness (QED) is 0.309. The van der Waals surface area contributed by atoms with Crippen molar-refractivity contribution in [2.75, 3.05) is 66.0 Å². The number of rotatable bonds is 15. The lowest BCUT2D eigenvalue weighted by Gasteiger charge is -2.42. The largest absolute Gasteiger partial charge is 0.378 e. The first-order valence-corrected chi connectivity index (χ1v) is 11.4. The van der Waals surface area contributed by atoms with Gasteiger partial charge in [0.25, 0.3) is 0 Å². The molecule has 3 rings (SSSR count). The summed E-state index contributed by atoms with van der Waals surface area (Å²) in [5.74, 6) is -0.877. The summed E-state index contributed by atoms with van der Waals surface area (Å²) >= 11 is 0. The van der Waals surface area contributed by atoms with E-state index >= 15 is 0 Å². The molecule has 0 aromatic heterocycles. The van der Waals surface area contributed by atoms with Gasteiger partial charge in [-0.1, -0.05) is 6.92 Å². The summed E-state index contributed by atoms with van der Waals surface area (Å²) in [7, 11) is 0. The maximum atomic E-state index is 12.0. The van der Waals surface area contributed by atoms with Crippen LogP contribution in [-0.2, 0) is 42.7 Å². The van der Waals surface area contributed by atoms with E-state index < -0.39 is 29.8 Å². The molecule has 3 aliphatic heterocycles. The van der Waals surface area contributed by atoms with E-state index in [0.717, 1.165) is 0 Å². The molecule has 32 heavy (non-hydrogen) atoms. The Hall–Kier alpha value is -0.890. The fourth-order valence-electron chi connectivity index (χ4n) is 4.05. The molecular weight excluding hydrogens is 424 g/mol. The van der Waals surface area contributed by atoms with Crippen LogP contribution in [0.3, 0.4) is 0 Å². The lowest BCUT2D eigenvalue weighted by atomic mass is 9.88. The summed E-state index contributed by atoms with van der Waals surface area (Å²) in [6.45, 7) is 9.97. The highest BCUT2D eigenvalue weighted by Crippen LogP contribution is 2.46. The highest BCUT2D eigenvalue weighted by Gasteiger charge is 2.66. The molecule has 11 heteroatoms. The Morgan fingerprint density at radius 2 is 1.59 bits per heavy atom. The average molecular weight is 463 g/mol. The normalized spacial score (nSPS) is 32.8. The van der Waals surface area contributed by atoms with Crippen LogP contribution in [0.1, 0.15) is 27.2 Å². The molecule has 0 aromatic rings. The molecule has 3 heterocycles. The maximum Gasteiger partial charge on any atom is 0.220 e. The van der Waals surface area contributed by atoms with Gasteiger partial charge in [0.1, 0.15) is 23.9 Å². The number of ether oxygens (including phenoxy) is 8. The van der Waals surface area contributed by atoms with Gasteiger partial charge in [0.05, 0.1) is 59.5 Å². The number of carbonyl (C=O) groups excluding carboxylic acids is 1. The van der Waals surface area contributed by atoms with E-state index in [9.17, 15) is 4.79 Å². The first kappa shape index (κ1) is 25.7. The van der Waals surface area contributed by atoms with Gasteiger partial charge in [-0.2, -0.15) is 0 Å². The minimum Gasteiger partial charge on any atom is -0.378 e. The molecular formula is C21H38N2O9. The van der Waals surface area contributed by atoms with E-state index in [-0.39, 0.29) is 18.6 Å². The Labute approximate surface area is 189 Å². The Kier molecular flexibility index (Phi) is 9.65. The number of fused-ring (bicyclic) bond motifs is 4. The van der Waals surface area contributed by atoms with Gasteiger partial charge in [-0.3, -0.25) is 4.79 Å². The zero-order valence-corrected chi connectivity index (χ0v) is 19.3. The van der Waals surface area contributed by atoms with Crippen LogP contribution in [-0.4, -0.2) is 108 Å². The molecule has 0 aromatic carbocycles. The first-order valence-electron chi connectivity index (χ1n) is 11.4. The standard InChI is InChI=1S/C21H38N2O9/c1-4-15(24)23-16-17-18(31-20(2,3)30-17)21(14-29-19(16)32-21)13-28-12-11-27-10-9-26-8-7-25-6-5-22/h16-19H,4-14,22H2,1-3H3,(H,23,24)/t16?,17-,18-,19?,21+/m1/s1. The van der Waals surface area contributed by atoms with Crippen LogP contribution < -0.4 is 11.1 Å². The number of carbonyl (C=O) groups is 1. The monoisotopic (exact) mass is 462 g/mol. The molecule has 0 spiro atoms. The highest BCUT2D eigenvalue weighted by molar-refractivity contribution is 5.76. The van der Waals surface area contributed by atoms with Gasteiger partial charge in [-0.25, -0.2) is 0 Å². The smallest absolute Gasteiger partial charge is 0.220 e. The topological polar surface area (TPSA) is 129 Å². The zero-order chi connectivity index (χ0) is 23.0. The van der Waals surface area contributed by atoms with Crippen molar-refractivity contribution >= 4 is 5.91 Å². The van der Waals surface area contributed by atoms with E-state index in [2.05, 4.69) is 5.32 Å². The van der Waals surface area contributed by atoms with Crippen LogP contribution in [0.25, 0.3) is 0 Å². The van der Waals surface area contributed by atoms with Crippen LogP contribution in [0, 0.1) is 0 Å². The number of hydrogen-bond acceptors (Lipinski definition) is 10. The molecule has 2 bridgehead atoms. The van der Waals surface area contributed by atoms with Crippen molar-refractivity contribution in [1.82, 2.24) is 5.32 Å². The second-order valence-corrected chi connectivity index (χ2v) is 8.51. The molecule has 2 unspecified atom stereocenters. The van der Waals surface area contributed by atoms with Crippen molar-refractivity contribution in [2.24, 2.45) is 5.73 Å². The van der Waals surface area contributed by atoms with Crippen molar-refractivity contribution in [3.05, 3.63) is 0 Å². The van der Waals surface area contributed by atoms with Crippen molar-refractivity contribution < 1.29 is 42.7 Å². The van der Waals surface area contributed by atoms with Gasteiger partial charge >= 0.3 is 0 Å². The Balaban J connectivity index is 1.39. The van der Waals surface area contributed by atoms with Gasteiger partial charge in [0, 0.05) is 13.0 Å². The average Bonchev–Trinajstić information content (AvgIpc) is 3.32. The van der Waals surface area contributed by atoms with E-state index in [1.807, 2.05) is 13.8 Å². The number of amides is 1. The zero-order valence-electron chi connectivity index (χ0n) is 19.3. The molecule has 0 saturated carbocycles. The Bertz CT molecular complexity index is 594. The lowest BCUT2D eigenvalue weighted by Crippen LogP contribution is -2.65. The van der Waals surface area contributed by atoms with Crippen molar-refractivity contribution in [3.8, 4) is 0 Å². The van der Waals surface area contributed by atoms with Crippen LogP contribution in [0.5, 0.6) is 0 Å².